The highest BCUT2D eigenvalue weighted by Crippen LogP contribution is 2.48. The van der Waals surface area contributed by atoms with E-state index in [0.29, 0.717) is 13.0 Å². The van der Waals surface area contributed by atoms with Crippen molar-refractivity contribution in [3.63, 3.8) is 0 Å². The number of benzene rings is 1. The Balaban J connectivity index is 2.02. The van der Waals surface area contributed by atoms with Crippen molar-refractivity contribution >= 4 is 0 Å². The number of nitriles is 1. The number of nitrogens with zero attached hydrogens (tertiary/aromatic N) is 1. The lowest BCUT2D eigenvalue weighted by molar-refractivity contribution is 0.223. The third kappa shape index (κ3) is 2.78. The molecule has 0 aromatic heterocycles. The van der Waals surface area contributed by atoms with E-state index in [1.54, 1.807) is 0 Å². The summed E-state index contributed by atoms with van der Waals surface area (Å²) >= 11 is 0. The molecule has 2 rings (SSSR count). The highest BCUT2D eigenvalue weighted by atomic mass is 16.5. The number of hydrogen-bond donors (Lipinski definition) is 1. The standard InChI is InChI=1S/C14H17NO2/c1-11-2-3-13(12(8-11)9-16)17-10-14(4-5-14)6-7-15/h2-3,8,16H,4-6,9-10H2,1H3. The summed E-state index contributed by atoms with van der Waals surface area (Å²) in [5.41, 5.74) is 2.00. The van der Waals surface area contributed by atoms with Crippen molar-refractivity contribution in [3.8, 4) is 11.8 Å². The highest BCUT2D eigenvalue weighted by molar-refractivity contribution is 5.36. The Bertz CT molecular complexity index is 444. The molecular weight excluding hydrogens is 214 g/mol. The molecule has 0 radical (unpaired) electrons. The topological polar surface area (TPSA) is 53.2 Å². The molecule has 0 aliphatic heterocycles. The maximum absolute atomic E-state index is 9.26. The first-order chi connectivity index (χ1) is 8.19. The van der Waals surface area contributed by atoms with Gasteiger partial charge in [0.05, 0.1) is 19.3 Å². The Morgan fingerprint density at radius 3 is 2.82 bits per heavy atom. The largest absolute Gasteiger partial charge is 0.493 e. The van der Waals surface area contributed by atoms with E-state index in [1.165, 1.54) is 0 Å². The van der Waals surface area contributed by atoms with Gasteiger partial charge in [-0.1, -0.05) is 17.7 Å². The minimum absolute atomic E-state index is 0.0116. The van der Waals surface area contributed by atoms with Gasteiger partial charge in [0.1, 0.15) is 5.75 Å². The van der Waals surface area contributed by atoms with Gasteiger partial charge in [0, 0.05) is 17.4 Å². The molecule has 1 aliphatic rings. The lowest BCUT2D eigenvalue weighted by Crippen LogP contribution is -2.13. The lowest BCUT2D eigenvalue weighted by Gasteiger charge is -2.15. The Morgan fingerprint density at radius 2 is 2.24 bits per heavy atom. The second kappa shape index (κ2) is 4.77. The summed E-state index contributed by atoms with van der Waals surface area (Å²) in [6.45, 7) is 2.56. The molecular formula is C14H17NO2. The summed E-state index contributed by atoms with van der Waals surface area (Å²) in [5.74, 6) is 0.738. The smallest absolute Gasteiger partial charge is 0.124 e. The molecule has 1 aliphatic carbocycles. The Morgan fingerprint density at radius 1 is 1.47 bits per heavy atom. The zero-order valence-electron chi connectivity index (χ0n) is 10.1. The molecule has 0 bridgehead atoms. The number of rotatable bonds is 5. The maximum Gasteiger partial charge on any atom is 0.124 e. The number of aryl methyl sites for hydroxylation is 1. The van der Waals surface area contributed by atoms with Crippen molar-refractivity contribution < 1.29 is 9.84 Å². The lowest BCUT2D eigenvalue weighted by atomic mass is 10.1. The number of aliphatic hydroxyl groups excluding tert-OH is 1. The van der Waals surface area contributed by atoms with E-state index in [0.717, 1.165) is 29.7 Å². The van der Waals surface area contributed by atoms with Crippen molar-refractivity contribution in [1.82, 2.24) is 0 Å². The molecule has 0 amide bonds. The molecule has 0 spiro atoms. The molecule has 90 valence electrons. The number of ether oxygens (including phenoxy) is 1. The SMILES string of the molecule is Cc1ccc(OCC2(CC#N)CC2)c(CO)c1. The third-order valence-corrected chi connectivity index (χ3v) is 3.33. The van der Waals surface area contributed by atoms with E-state index >= 15 is 0 Å². The number of hydrogen-bond acceptors (Lipinski definition) is 3. The summed E-state index contributed by atoms with van der Waals surface area (Å²) < 4.78 is 5.75. The van der Waals surface area contributed by atoms with Gasteiger partial charge in [-0.15, -0.1) is 0 Å². The molecule has 1 aromatic rings. The fourth-order valence-electron chi connectivity index (χ4n) is 1.92. The summed E-state index contributed by atoms with van der Waals surface area (Å²) in [6, 6.07) is 8.01. The normalized spacial score (nSPS) is 16.3. The third-order valence-electron chi connectivity index (χ3n) is 3.33. The quantitative estimate of drug-likeness (QED) is 0.847. The summed E-state index contributed by atoms with van der Waals surface area (Å²) in [7, 11) is 0. The first-order valence-electron chi connectivity index (χ1n) is 5.89. The van der Waals surface area contributed by atoms with Gasteiger partial charge in [-0.25, -0.2) is 0 Å². The van der Waals surface area contributed by atoms with Crippen LogP contribution in [-0.4, -0.2) is 11.7 Å². The van der Waals surface area contributed by atoms with Crippen molar-refractivity contribution in [3.05, 3.63) is 29.3 Å². The Hall–Kier alpha value is -1.53. The van der Waals surface area contributed by atoms with Gasteiger partial charge in [-0.05, 0) is 25.8 Å². The monoisotopic (exact) mass is 231 g/mol. The molecule has 1 saturated carbocycles. The van der Waals surface area contributed by atoms with Crippen LogP contribution in [0.3, 0.4) is 0 Å². The van der Waals surface area contributed by atoms with Gasteiger partial charge < -0.3 is 9.84 Å². The average molecular weight is 231 g/mol. The van der Waals surface area contributed by atoms with E-state index in [-0.39, 0.29) is 12.0 Å². The van der Waals surface area contributed by atoms with Crippen molar-refractivity contribution in [2.75, 3.05) is 6.61 Å². The first kappa shape index (κ1) is 11.9. The minimum Gasteiger partial charge on any atom is -0.493 e. The van der Waals surface area contributed by atoms with Crippen LogP contribution in [0.1, 0.15) is 30.4 Å². The minimum atomic E-state index is -0.0116. The van der Waals surface area contributed by atoms with Gasteiger partial charge in [0.15, 0.2) is 0 Å². The molecule has 3 nitrogen and oxygen atoms in total. The van der Waals surface area contributed by atoms with Gasteiger partial charge in [0.2, 0.25) is 0 Å². The van der Waals surface area contributed by atoms with Gasteiger partial charge in [-0.3, -0.25) is 0 Å². The van der Waals surface area contributed by atoms with Gasteiger partial charge in [-0.2, -0.15) is 5.26 Å². The fraction of sp³-hybridized carbons (Fsp3) is 0.500. The average Bonchev–Trinajstić information content (AvgIpc) is 3.08. The summed E-state index contributed by atoms with van der Waals surface area (Å²) in [6.07, 6.45) is 2.70. The van der Waals surface area contributed by atoms with Crippen LogP contribution in [0.2, 0.25) is 0 Å². The molecule has 0 heterocycles. The maximum atomic E-state index is 9.26. The van der Waals surface area contributed by atoms with Crippen LogP contribution in [-0.2, 0) is 6.61 Å². The molecule has 0 saturated heterocycles. The predicted molar refractivity (Wildman–Crippen MR) is 64.5 cm³/mol. The predicted octanol–water partition coefficient (Wildman–Crippen LogP) is 2.56. The zero-order valence-corrected chi connectivity index (χ0v) is 10.1. The summed E-state index contributed by atoms with van der Waals surface area (Å²) in [5, 5.41) is 18.0. The second-order valence-corrected chi connectivity index (χ2v) is 4.89. The van der Waals surface area contributed by atoms with Crippen LogP contribution in [0.4, 0.5) is 0 Å². The van der Waals surface area contributed by atoms with Crippen molar-refractivity contribution in [2.24, 2.45) is 5.41 Å². The van der Waals surface area contributed by atoms with Crippen LogP contribution in [0.25, 0.3) is 0 Å². The van der Waals surface area contributed by atoms with E-state index in [1.807, 2.05) is 25.1 Å². The molecule has 1 N–H and O–H groups in total. The molecule has 0 atom stereocenters. The highest BCUT2D eigenvalue weighted by Gasteiger charge is 2.43. The van der Waals surface area contributed by atoms with Crippen molar-refractivity contribution in [1.29, 1.82) is 5.26 Å². The molecule has 0 unspecified atom stereocenters. The van der Waals surface area contributed by atoms with Crippen LogP contribution in [0, 0.1) is 23.7 Å². The second-order valence-electron chi connectivity index (χ2n) is 4.89. The van der Waals surface area contributed by atoms with Gasteiger partial charge in [0.25, 0.3) is 0 Å². The van der Waals surface area contributed by atoms with Crippen LogP contribution >= 0.6 is 0 Å². The van der Waals surface area contributed by atoms with Crippen molar-refractivity contribution in [2.45, 2.75) is 32.8 Å². The molecule has 1 aromatic carbocycles. The fourth-order valence-corrected chi connectivity index (χ4v) is 1.92. The Kier molecular flexibility index (Phi) is 3.35. The van der Waals surface area contributed by atoms with E-state index in [2.05, 4.69) is 6.07 Å². The molecule has 3 heteroatoms. The van der Waals surface area contributed by atoms with Crippen LogP contribution < -0.4 is 4.74 Å². The van der Waals surface area contributed by atoms with E-state index in [9.17, 15) is 5.11 Å². The Labute approximate surface area is 102 Å². The summed E-state index contributed by atoms with van der Waals surface area (Å²) in [4.78, 5) is 0. The number of aliphatic hydroxyl groups is 1. The van der Waals surface area contributed by atoms with Gasteiger partial charge >= 0.3 is 0 Å². The van der Waals surface area contributed by atoms with E-state index < -0.39 is 0 Å². The first-order valence-corrected chi connectivity index (χ1v) is 5.89. The zero-order chi connectivity index (χ0) is 12.3. The van der Waals surface area contributed by atoms with E-state index in [4.69, 9.17) is 10.00 Å². The van der Waals surface area contributed by atoms with Crippen LogP contribution in [0.15, 0.2) is 18.2 Å². The molecule has 17 heavy (non-hydrogen) atoms. The molecule has 1 fully saturated rings. The van der Waals surface area contributed by atoms with Crippen LogP contribution in [0.5, 0.6) is 5.75 Å².